The van der Waals surface area contributed by atoms with E-state index in [2.05, 4.69) is 41.4 Å². The van der Waals surface area contributed by atoms with E-state index in [-0.39, 0.29) is 17.6 Å². The fourth-order valence-electron chi connectivity index (χ4n) is 3.39. The van der Waals surface area contributed by atoms with Crippen molar-refractivity contribution in [3.8, 4) is 0 Å². The number of carbonyl (C=O) groups excluding carboxylic acids is 1. The average molecular weight is 421 g/mol. The third-order valence-electron chi connectivity index (χ3n) is 5.12. The van der Waals surface area contributed by atoms with E-state index in [1.807, 2.05) is 0 Å². The summed E-state index contributed by atoms with van der Waals surface area (Å²) in [5.74, 6) is 1.18. The second-order valence-electron chi connectivity index (χ2n) is 7.14. The molecule has 1 aliphatic heterocycles. The summed E-state index contributed by atoms with van der Waals surface area (Å²) in [4.78, 5) is 14.8. The summed E-state index contributed by atoms with van der Waals surface area (Å²) in [6.07, 6.45) is 1.75. The molecule has 0 bridgehead atoms. The molecule has 1 saturated heterocycles. The number of carbonyl (C=O) groups is 1. The summed E-state index contributed by atoms with van der Waals surface area (Å²) in [7, 11) is 0. The molecule has 3 rings (SSSR count). The fourth-order valence-corrected chi connectivity index (χ4v) is 4.59. The molecule has 1 aliphatic rings. The number of piperidine rings is 1. The van der Waals surface area contributed by atoms with Crippen LogP contribution in [0.2, 0.25) is 5.02 Å². The zero-order valence-corrected chi connectivity index (χ0v) is 17.7. The number of hydrogen-bond donors (Lipinski definition) is 1. The Hall–Kier alpha value is -1.72. The third kappa shape index (κ3) is 5.65. The number of benzene rings is 2. The van der Waals surface area contributed by atoms with Gasteiger partial charge < -0.3 is 10.2 Å². The van der Waals surface area contributed by atoms with E-state index < -0.39 is 0 Å². The number of nitrogens with zero attached hydrogens (tertiary/aromatic N) is 1. The molecule has 0 saturated carbocycles. The zero-order chi connectivity index (χ0) is 19.9. The quantitative estimate of drug-likeness (QED) is 0.636. The molecule has 0 aromatic heterocycles. The Bertz CT molecular complexity index is 771. The van der Waals surface area contributed by atoms with Crippen molar-refractivity contribution in [2.75, 3.05) is 30.3 Å². The molecule has 1 amide bonds. The summed E-state index contributed by atoms with van der Waals surface area (Å²) in [5.41, 5.74) is 3.02. The molecule has 2 aromatic carbocycles. The Morgan fingerprint density at radius 2 is 1.93 bits per heavy atom. The molecule has 0 unspecified atom stereocenters. The Balaban J connectivity index is 1.35. The van der Waals surface area contributed by atoms with Crippen LogP contribution in [-0.2, 0) is 10.5 Å². The van der Waals surface area contributed by atoms with Crippen molar-refractivity contribution in [3.05, 3.63) is 64.4 Å². The molecule has 0 atom stereocenters. The molecule has 150 valence electrons. The number of hydrogen-bond acceptors (Lipinski definition) is 3. The van der Waals surface area contributed by atoms with Crippen LogP contribution in [0.1, 0.15) is 24.0 Å². The molecule has 1 N–H and O–H groups in total. The lowest BCUT2D eigenvalue weighted by Gasteiger charge is -2.33. The van der Waals surface area contributed by atoms with Gasteiger partial charge in [0, 0.05) is 53.3 Å². The van der Waals surface area contributed by atoms with Crippen molar-refractivity contribution < 1.29 is 9.18 Å². The van der Waals surface area contributed by atoms with Crippen molar-refractivity contribution in [2.45, 2.75) is 25.5 Å². The van der Waals surface area contributed by atoms with Crippen LogP contribution < -0.4 is 10.2 Å². The highest BCUT2D eigenvalue weighted by atomic mass is 35.5. The van der Waals surface area contributed by atoms with Crippen molar-refractivity contribution in [2.24, 2.45) is 5.92 Å². The molecule has 1 fully saturated rings. The molecule has 3 nitrogen and oxygen atoms in total. The lowest BCUT2D eigenvalue weighted by atomic mass is 9.95. The summed E-state index contributed by atoms with van der Waals surface area (Å²) < 4.78 is 13.7. The van der Waals surface area contributed by atoms with Gasteiger partial charge in [-0.3, -0.25) is 4.79 Å². The molecule has 28 heavy (non-hydrogen) atoms. The predicted octanol–water partition coefficient (Wildman–Crippen LogP) is 5.05. The summed E-state index contributed by atoms with van der Waals surface area (Å²) in [6, 6.07) is 13.3. The van der Waals surface area contributed by atoms with Gasteiger partial charge in [0.25, 0.3) is 0 Å². The highest BCUT2D eigenvalue weighted by molar-refractivity contribution is 7.98. The Labute approximate surface area is 175 Å². The maximum Gasteiger partial charge on any atom is 0.223 e. The maximum atomic E-state index is 13.7. The molecule has 0 aliphatic carbocycles. The minimum Gasteiger partial charge on any atom is -0.371 e. The second-order valence-corrected chi connectivity index (χ2v) is 8.65. The number of nitrogens with one attached hydrogen (secondary N) is 1. The van der Waals surface area contributed by atoms with E-state index in [4.69, 9.17) is 11.6 Å². The SMILES string of the molecule is Cc1ccc(N2CCC(C(=O)NCCSCc3c(F)cccc3Cl)CC2)cc1. The topological polar surface area (TPSA) is 32.3 Å². The third-order valence-corrected chi connectivity index (χ3v) is 6.46. The van der Waals surface area contributed by atoms with Gasteiger partial charge >= 0.3 is 0 Å². The van der Waals surface area contributed by atoms with Gasteiger partial charge in [-0.2, -0.15) is 11.8 Å². The lowest BCUT2D eigenvalue weighted by Crippen LogP contribution is -2.41. The molecule has 2 aromatic rings. The molecular formula is C22H26ClFN2OS. The van der Waals surface area contributed by atoms with Crippen molar-refractivity contribution in [1.82, 2.24) is 5.32 Å². The van der Waals surface area contributed by atoms with E-state index in [0.717, 1.165) is 31.7 Å². The van der Waals surface area contributed by atoms with Gasteiger partial charge in [0.15, 0.2) is 0 Å². The minimum atomic E-state index is -0.274. The fraction of sp³-hybridized carbons (Fsp3) is 0.409. The maximum absolute atomic E-state index is 13.7. The van der Waals surface area contributed by atoms with Gasteiger partial charge in [0.2, 0.25) is 5.91 Å². The lowest BCUT2D eigenvalue weighted by molar-refractivity contribution is -0.125. The van der Waals surface area contributed by atoms with E-state index >= 15 is 0 Å². The van der Waals surface area contributed by atoms with Gasteiger partial charge in [0.1, 0.15) is 5.82 Å². The Kier molecular flexibility index (Phi) is 7.63. The number of amides is 1. The van der Waals surface area contributed by atoms with Crippen LogP contribution in [-0.4, -0.2) is 31.3 Å². The highest BCUT2D eigenvalue weighted by Crippen LogP contribution is 2.25. The van der Waals surface area contributed by atoms with E-state index in [1.165, 1.54) is 17.3 Å². The minimum absolute atomic E-state index is 0.0766. The van der Waals surface area contributed by atoms with E-state index in [1.54, 1.807) is 23.9 Å². The number of rotatable bonds is 7. The summed E-state index contributed by atoms with van der Waals surface area (Å²) >= 11 is 7.61. The van der Waals surface area contributed by atoms with Crippen LogP contribution in [0.4, 0.5) is 10.1 Å². The summed E-state index contributed by atoms with van der Waals surface area (Å²) in [6.45, 7) is 4.49. The first kappa shape index (κ1) is 21.0. The molecular weight excluding hydrogens is 395 g/mol. The molecule has 0 radical (unpaired) electrons. The first-order valence-corrected chi connectivity index (χ1v) is 11.2. The van der Waals surface area contributed by atoms with Gasteiger partial charge in [-0.1, -0.05) is 35.4 Å². The highest BCUT2D eigenvalue weighted by Gasteiger charge is 2.24. The Morgan fingerprint density at radius 3 is 2.61 bits per heavy atom. The van der Waals surface area contributed by atoms with Crippen LogP contribution in [0, 0.1) is 18.7 Å². The van der Waals surface area contributed by atoms with E-state index in [0.29, 0.717) is 22.9 Å². The van der Waals surface area contributed by atoms with Crippen LogP contribution >= 0.6 is 23.4 Å². The smallest absolute Gasteiger partial charge is 0.223 e. The largest absolute Gasteiger partial charge is 0.371 e. The standard InChI is InChI=1S/C22H26ClFN2OS/c1-16-5-7-18(8-6-16)26-12-9-17(10-13-26)22(27)25-11-14-28-15-19-20(23)3-2-4-21(19)24/h2-8,17H,9-15H2,1H3,(H,25,27). The second kappa shape index (κ2) is 10.2. The number of aryl methyl sites for hydroxylation is 1. The van der Waals surface area contributed by atoms with Crippen molar-refractivity contribution in [3.63, 3.8) is 0 Å². The van der Waals surface area contributed by atoms with Crippen molar-refractivity contribution >= 4 is 35.0 Å². The average Bonchev–Trinajstić information content (AvgIpc) is 2.70. The molecule has 0 spiro atoms. The molecule has 6 heteroatoms. The zero-order valence-electron chi connectivity index (χ0n) is 16.1. The molecule has 1 heterocycles. The summed E-state index contributed by atoms with van der Waals surface area (Å²) in [5, 5.41) is 3.48. The number of halogens is 2. The van der Waals surface area contributed by atoms with Crippen LogP contribution in [0.5, 0.6) is 0 Å². The van der Waals surface area contributed by atoms with Gasteiger partial charge in [-0.05, 0) is 44.0 Å². The van der Waals surface area contributed by atoms with Crippen LogP contribution in [0.25, 0.3) is 0 Å². The number of thioether (sulfide) groups is 1. The predicted molar refractivity (Wildman–Crippen MR) is 117 cm³/mol. The van der Waals surface area contributed by atoms with Crippen LogP contribution in [0.3, 0.4) is 0 Å². The Morgan fingerprint density at radius 1 is 1.21 bits per heavy atom. The van der Waals surface area contributed by atoms with Gasteiger partial charge in [0.05, 0.1) is 0 Å². The monoisotopic (exact) mass is 420 g/mol. The number of anilines is 1. The first-order valence-electron chi connectivity index (χ1n) is 9.64. The first-order chi connectivity index (χ1) is 13.5. The van der Waals surface area contributed by atoms with Gasteiger partial charge in [-0.15, -0.1) is 0 Å². The van der Waals surface area contributed by atoms with Gasteiger partial charge in [-0.25, -0.2) is 4.39 Å². The van der Waals surface area contributed by atoms with Crippen molar-refractivity contribution in [1.29, 1.82) is 0 Å². The van der Waals surface area contributed by atoms with E-state index in [9.17, 15) is 9.18 Å². The van der Waals surface area contributed by atoms with Crippen LogP contribution in [0.15, 0.2) is 42.5 Å². The normalized spacial score (nSPS) is 14.9.